The molecule has 1 rings (SSSR count). The molecule has 0 aliphatic heterocycles. The Morgan fingerprint density at radius 1 is 1.35 bits per heavy atom. The summed E-state index contributed by atoms with van der Waals surface area (Å²) in [6, 6.07) is 4.48. The summed E-state index contributed by atoms with van der Waals surface area (Å²) in [5, 5.41) is 10.9. The summed E-state index contributed by atoms with van der Waals surface area (Å²) in [6.45, 7) is 5.27. The minimum atomic E-state index is -0.589. The molecular formula is C14H17NO5. The number of nitrogens with zero attached hydrogens (tertiary/aromatic N) is 1. The van der Waals surface area contributed by atoms with Gasteiger partial charge in [0.25, 0.3) is 0 Å². The predicted molar refractivity (Wildman–Crippen MR) is 74.5 cm³/mol. The molecule has 0 aliphatic carbocycles. The van der Waals surface area contributed by atoms with Crippen LogP contribution in [0.3, 0.4) is 0 Å². The van der Waals surface area contributed by atoms with Crippen LogP contribution < -0.4 is 4.74 Å². The molecule has 6 heteroatoms. The summed E-state index contributed by atoms with van der Waals surface area (Å²) in [5.74, 6) is -0.414. The lowest BCUT2D eigenvalue weighted by Gasteiger charge is -2.17. The number of hydrogen-bond donors (Lipinski definition) is 0. The van der Waals surface area contributed by atoms with E-state index in [9.17, 15) is 14.9 Å². The van der Waals surface area contributed by atoms with E-state index >= 15 is 0 Å². The van der Waals surface area contributed by atoms with Gasteiger partial charge in [0.15, 0.2) is 0 Å². The lowest BCUT2D eigenvalue weighted by atomic mass is 10.1. The van der Waals surface area contributed by atoms with E-state index in [1.165, 1.54) is 31.4 Å². The van der Waals surface area contributed by atoms with Gasteiger partial charge >= 0.3 is 11.7 Å². The van der Waals surface area contributed by atoms with Crippen molar-refractivity contribution in [1.29, 1.82) is 0 Å². The van der Waals surface area contributed by atoms with Gasteiger partial charge in [0, 0.05) is 17.7 Å². The highest BCUT2D eigenvalue weighted by Crippen LogP contribution is 2.31. The molecule has 0 aromatic heterocycles. The fraction of sp³-hybridized carbons (Fsp3) is 0.357. The first-order valence-electron chi connectivity index (χ1n) is 5.97. The summed E-state index contributed by atoms with van der Waals surface area (Å²) < 4.78 is 10.1. The number of esters is 1. The van der Waals surface area contributed by atoms with Gasteiger partial charge in [0.05, 0.1) is 12.0 Å². The lowest BCUT2D eigenvalue weighted by molar-refractivity contribution is -0.385. The molecule has 108 valence electrons. The van der Waals surface area contributed by atoms with Crippen molar-refractivity contribution in [3.63, 3.8) is 0 Å². The van der Waals surface area contributed by atoms with E-state index < -0.39 is 16.5 Å². The Hall–Kier alpha value is -2.37. The number of carbonyl (C=O) groups is 1. The molecule has 0 unspecified atom stereocenters. The Kier molecular flexibility index (Phi) is 4.85. The smallest absolute Gasteiger partial charge is 0.331 e. The lowest BCUT2D eigenvalue weighted by Crippen LogP contribution is -2.22. The van der Waals surface area contributed by atoms with Gasteiger partial charge < -0.3 is 9.47 Å². The minimum absolute atomic E-state index is 0.109. The van der Waals surface area contributed by atoms with Gasteiger partial charge in [0.2, 0.25) is 5.75 Å². The van der Waals surface area contributed by atoms with E-state index in [1.54, 1.807) is 26.8 Å². The number of ether oxygens (including phenoxy) is 2. The van der Waals surface area contributed by atoms with Crippen LogP contribution in [0.15, 0.2) is 24.3 Å². The zero-order chi connectivity index (χ0) is 15.3. The first kappa shape index (κ1) is 15.7. The average molecular weight is 279 g/mol. The van der Waals surface area contributed by atoms with Crippen molar-refractivity contribution >= 4 is 17.7 Å². The van der Waals surface area contributed by atoms with Crippen LogP contribution in [0.4, 0.5) is 5.69 Å². The van der Waals surface area contributed by atoms with Crippen LogP contribution in [0.1, 0.15) is 26.3 Å². The second-order valence-corrected chi connectivity index (χ2v) is 5.02. The Bertz CT molecular complexity index is 543. The topological polar surface area (TPSA) is 78.7 Å². The van der Waals surface area contributed by atoms with Crippen LogP contribution >= 0.6 is 0 Å². The van der Waals surface area contributed by atoms with Crippen molar-refractivity contribution in [2.45, 2.75) is 26.4 Å². The van der Waals surface area contributed by atoms with Crippen molar-refractivity contribution in [1.82, 2.24) is 0 Å². The van der Waals surface area contributed by atoms with Gasteiger partial charge in [-0.25, -0.2) is 4.79 Å². The summed E-state index contributed by atoms with van der Waals surface area (Å²) in [5.41, 5.74) is -0.305. The highest BCUT2D eigenvalue weighted by Gasteiger charge is 2.17. The highest BCUT2D eigenvalue weighted by molar-refractivity contribution is 5.88. The Morgan fingerprint density at radius 2 is 2.00 bits per heavy atom. The summed E-state index contributed by atoms with van der Waals surface area (Å²) >= 11 is 0. The van der Waals surface area contributed by atoms with Gasteiger partial charge in [-0.2, -0.15) is 0 Å². The first-order valence-corrected chi connectivity index (χ1v) is 5.97. The molecule has 0 N–H and O–H groups in total. The van der Waals surface area contributed by atoms with Crippen LogP contribution in [0.2, 0.25) is 0 Å². The second kappa shape index (κ2) is 6.18. The van der Waals surface area contributed by atoms with Crippen LogP contribution in [0, 0.1) is 10.1 Å². The standard InChI is InChI=1S/C14H17NO5/c1-14(2,3)20-12(16)9-8-10-6-5-7-11(15(17)18)13(10)19-4/h5-9H,1-4H3/b9-8+. The number of para-hydroxylation sites is 1. The van der Waals surface area contributed by atoms with Crippen molar-refractivity contribution in [2.24, 2.45) is 0 Å². The van der Waals surface area contributed by atoms with E-state index in [-0.39, 0.29) is 11.4 Å². The van der Waals surface area contributed by atoms with Gasteiger partial charge in [-0.1, -0.05) is 12.1 Å². The zero-order valence-electron chi connectivity index (χ0n) is 11.9. The summed E-state index contributed by atoms with van der Waals surface area (Å²) in [6.07, 6.45) is 2.65. The molecule has 0 amide bonds. The van der Waals surface area contributed by atoms with Crippen LogP contribution in [0.5, 0.6) is 5.75 Å². The van der Waals surface area contributed by atoms with Gasteiger partial charge in [-0.3, -0.25) is 10.1 Å². The molecule has 0 saturated heterocycles. The van der Waals surface area contributed by atoms with Crippen LogP contribution in [-0.4, -0.2) is 23.6 Å². The van der Waals surface area contributed by atoms with Crippen LogP contribution in [0.25, 0.3) is 6.08 Å². The van der Waals surface area contributed by atoms with Gasteiger partial charge in [0.1, 0.15) is 5.60 Å². The molecule has 1 aromatic carbocycles. The number of nitro benzene ring substituents is 1. The molecule has 0 saturated carbocycles. The van der Waals surface area contributed by atoms with Crippen LogP contribution in [-0.2, 0) is 9.53 Å². The predicted octanol–water partition coefficient (Wildman–Crippen LogP) is 2.96. The summed E-state index contributed by atoms with van der Waals surface area (Å²) in [7, 11) is 1.34. The fourth-order valence-electron chi connectivity index (χ4n) is 1.53. The van der Waals surface area contributed by atoms with E-state index in [0.717, 1.165) is 0 Å². The maximum atomic E-state index is 11.6. The number of rotatable bonds is 4. The SMILES string of the molecule is COc1c(/C=C/C(=O)OC(C)(C)C)cccc1[N+](=O)[O-]. The van der Waals surface area contributed by atoms with Crippen molar-refractivity contribution < 1.29 is 19.2 Å². The monoisotopic (exact) mass is 279 g/mol. The third-order valence-corrected chi connectivity index (χ3v) is 2.23. The Labute approximate surface area is 117 Å². The molecular weight excluding hydrogens is 262 g/mol. The molecule has 0 atom stereocenters. The Morgan fingerprint density at radius 3 is 2.50 bits per heavy atom. The van der Waals surface area contributed by atoms with E-state index in [2.05, 4.69) is 0 Å². The highest BCUT2D eigenvalue weighted by atomic mass is 16.6. The number of benzene rings is 1. The van der Waals surface area contributed by atoms with Crippen molar-refractivity contribution in [2.75, 3.05) is 7.11 Å². The van der Waals surface area contributed by atoms with Crippen molar-refractivity contribution in [3.8, 4) is 5.75 Å². The maximum Gasteiger partial charge on any atom is 0.331 e. The zero-order valence-corrected chi connectivity index (χ0v) is 11.9. The molecule has 0 fully saturated rings. The van der Waals surface area contributed by atoms with E-state index in [0.29, 0.717) is 5.56 Å². The van der Waals surface area contributed by atoms with Gasteiger partial charge in [-0.15, -0.1) is 0 Å². The quantitative estimate of drug-likeness (QED) is 0.366. The van der Waals surface area contributed by atoms with Gasteiger partial charge in [-0.05, 0) is 26.8 Å². The number of methoxy groups -OCH3 is 1. The third kappa shape index (κ3) is 4.38. The van der Waals surface area contributed by atoms with E-state index in [4.69, 9.17) is 9.47 Å². The molecule has 0 spiro atoms. The molecule has 20 heavy (non-hydrogen) atoms. The molecule has 1 aromatic rings. The minimum Gasteiger partial charge on any atom is -0.490 e. The maximum absolute atomic E-state index is 11.6. The molecule has 0 radical (unpaired) electrons. The van der Waals surface area contributed by atoms with Crippen molar-refractivity contribution in [3.05, 3.63) is 40.0 Å². The Balaban J connectivity index is 3.01. The summed E-state index contributed by atoms with van der Waals surface area (Å²) in [4.78, 5) is 21.9. The largest absolute Gasteiger partial charge is 0.490 e. The average Bonchev–Trinajstić information content (AvgIpc) is 2.33. The molecule has 0 heterocycles. The number of nitro groups is 1. The number of hydrogen-bond acceptors (Lipinski definition) is 5. The number of carbonyl (C=O) groups excluding carboxylic acids is 1. The molecule has 6 nitrogen and oxygen atoms in total. The molecule has 0 aliphatic rings. The first-order chi connectivity index (χ1) is 9.24. The fourth-order valence-corrected chi connectivity index (χ4v) is 1.53. The van der Waals surface area contributed by atoms with E-state index in [1.807, 2.05) is 0 Å². The third-order valence-electron chi connectivity index (χ3n) is 2.23. The second-order valence-electron chi connectivity index (χ2n) is 5.02. The molecule has 0 bridgehead atoms. The normalized spacial score (nSPS) is 11.4.